The predicted octanol–water partition coefficient (Wildman–Crippen LogP) is 3.12. The normalized spacial score (nSPS) is 14.3. The summed E-state index contributed by atoms with van der Waals surface area (Å²) < 4.78 is 0. The lowest BCUT2D eigenvalue weighted by Gasteiger charge is -2.24. The van der Waals surface area contributed by atoms with E-state index >= 15 is 0 Å². The highest BCUT2D eigenvalue weighted by Gasteiger charge is 2.08. The molecule has 0 saturated carbocycles. The van der Waals surface area contributed by atoms with Gasteiger partial charge < -0.3 is 32.7 Å². The van der Waals surface area contributed by atoms with Crippen LogP contribution in [0.1, 0.15) is 30.4 Å². The number of hydrogen-bond acceptors (Lipinski definition) is 8. The van der Waals surface area contributed by atoms with Gasteiger partial charge in [-0.05, 0) is 69.7 Å². The molecule has 0 aliphatic carbocycles. The molecule has 0 bridgehead atoms. The van der Waals surface area contributed by atoms with E-state index in [0.29, 0.717) is 13.1 Å². The van der Waals surface area contributed by atoms with E-state index in [-0.39, 0.29) is 99.3 Å². The SMILES string of the molecule is Cl.Cl.Cl.Cl.Cl.Cl.Cl.Cl.NCCNCCCN(CCN)Cc1ccc(CN2CCCNCCNCCCNCC2)cc1. The van der Waals surface area contributed by atoms with Crippen molar-refractivity contribution in [2.45, 2.75) is 32.4 Å². The van der Waals surface area contributed by atoms with Crippen LogP contribution in [-0.4, -0.2) is 101 Å². The summed E-state index contributed by atoms with van der Waals surface area (Å²) in [5.41, 5.74) is 14.2. The summed E-state index contributed by atoms with van der Waals surface area (Å²) in [6, 6.07) is 9.20. The van der Waals surface area contributed by atoms with Crippen LogP contribution in [0.25, 0.3) is 0 Å². The molecule has 0 amide bonds. The Hall–Kier alpha value is 1.22. The van der Waals surface area contributed by atoms with Crippen LogP contribution in [0, 0.1) is 0 Å². The average Bonchev–Trinajstić information content (AvgIpc) is 2.82. The Bertz CT molecular complexity index is 583. The first kappa shape index (κ1) is 57.8. The second-order valence-electron chi connectivity index (χ2n) is 9.01. The molecule has 1 aromatic carbocycles. The molecule has 0 aromatic heterocycles. The number of benzene rings is 1. The fraction of sp³-hybridized carbons (Fsp3) is 0.760. The Morgan fingerprint density at radius 2 is 1.20 bits per heavy atom. The van der Waals surface area contributed by atoms with Gasteiger partial charge in [-0.2, -0.15) is 0 Å². The molecular formula is C25H58Cl8N8. The molecule has 8 nitrogen and oxygen atoms in total. The zero-order valence-corrected chi connectivity index (χ0v) is 30.6. The minimum absolute atomic E-state index is 0. The average molecular weight is 754 g/mol. The van der Waals surface area contributed by atoms with E-state index in [1.807, 2.05) is 0 Å². The van der Waals surface area contributed by atoms with Gasteiger partial charge in [0.1, 0.15) is 0 Å². The second kappa shape index (κ2) is 41.2. The topological polar surface area (TPSA) is 107 Å². The van der Waals surface area contributed by atoms with Crippen molar-refractivity contribution >= 4 is 99.3 Å². The van der Waals surface area contributed by atoms with Crippen molar-refractivity contribution in [3.05, 3.63) is 35.4 Å². The maximum Gasteiger partial charge on any atom is 0.0234 e. The lowest BCUT2D eigenvalue weighted by molar-refractivity contribution is 0.259. The lowest BCUT2D eigenvalue weighted by Crippen LogP contribution is -2.36. The second-order valence-corrected chi connectivity index (χ2v) is 9.01. The number of nitrogens with one attached hydrogen (secondary N) is 4. The van der Waals surface area contributed by atoms with Crippen molar-refractivity contribution in [1.82, 2.24) is 31.1 Å². The molecule has 8 N–H and O–H groups in total. The Morgan fingerprint density at radius 1 is 0.634 bits per heavy atom. The summed E-state index contributed by atoms with van der Waals surface area (Å²) in [6.45, 7) is 15.9. The van der Waals surface area contributed by atoms with Gasteiger partial charge in [-0.1, -0.05) is 24.3 Å². The van der Waals surface area contributed by atoms with Crippen LogP contribution in [0.15, 0.2) is 24.3 Å². The summed E-state index contributed by atoms with van der Waals surface area (Å²) >= 11 is 0. The molecular weight excluding hydrogens is 696 g/mol. The first-order chi connectivity index (χ1) is 16.3. The fourth-order valence-electron chi connectivity index (χ4n) is 4.20. The van der Waals surface area contributed by atoms with Gasteiger partial charge in [0.05, 0.1) is 0 Å². The van der Waals surface area contributed by atoms with Crippen molar-refractivity contribution in [2.24, 2.45) is 11.5 Å². The first-order valence-corrected chi connectivity index (χ1v) is 13.1. The van der Waals surface area contributed by atoms with Crippen LogP contribution in [0.3, 0.4) is 0 Å². The number of hydrogen-bond donors (Lipinski definition) is 6. The monoisotopic (exact) mass is 750 g/mol. The standard InChI is InChI=1S/C25H50N8.8ClH/c26-8-14-28-12-2-18-32(20-9-27)22-24-4-6-25(7-5-24)23-33-19-3-13-30-16-15-29-10-1-11-31-17-21-33;;;;;;;;/h4-7,28-31H,1-3,8-23,26-27H2;8*1H. The maximum absolute atomic E-state index is 5.85. The van der Waals surface area contributed by atoms with E-state index < -0.39 is 0 Å². The predicted molar refractivity (Wildman–Crippen MR) is 198 cm³/mol. The molecule has 1 aliphatic heterocycles. The van der Waals surface area contributed by atoms with Gasteiger partial charge in [-0.3, -0.25) is 9.80 Å². The van der Waals surface area contributed by atoms with Gasteiger partial charge in [-0.15, -0.1) is 99.3 Å². The van der Waals surface area contributed by atoms with Crippen molar-refractivity contribution in [2.75, 3.05) is 91.6 Å². The molecule has 1 aromatic rings. The van der Waals surface area contributed by atoms with Gasteiger partial charge >= 0.3 is 0 Å². The summed E-state index contributed by atoms with van der Waals surface area (Å²) in [5, 5.41) is 14.0. The lowest BCUT2D eigenvalue weighted by atomic mass is 10.1. The number of halogens is 8. The third kappa shape index (κ3) is 31.0. The molecule has 0 unspecified atom stereocenters. The van der Waals surface area contributed by atoms with E-state index in [9.17, 15) is 0 Å². The van der Waals surface area contributed by atoms with Crippen LogP contribution in [0.4, 0.5) is 0 Å². The Labute approximate surface area is 299 Å². The number of rotatable bonds is 12. The first-order valence-electron chi connectivity index (χ1n) is 13.1. The molecule has 1 aliphatic rings. The van der Waals surface area contributed by atoms with E-state index in [0.717, 1.165) is 98.0 Å². The van der Waals surface area contributed by atoms with Crippen molar-refractivity contribution in [3.8, 4) is 0 Å². The molecule has 2 rings (SSSR count). The third-order valence-corrected chi connectivity index (χ3v) is 6.05. The van der Waals surface area contributed by atoms with Crippen LogP contribution in [0.5, 0.6) is 0 Å². The number of nitrogens with zero attached hydrogens (tertiary/aromatic N) is 2. The van der Waals surface area contributed by atoms with Crippen molar-refractivity contribution in [3.63, 3.8) is 0 Å². The molecule has 0 spiro atoms. The Morgan fingerprint density at radius 3 is 1.78 bits per heavy atom. The van der Waals surface area contributed by atoms with Crippen molar-refractivity contribution in [1.29, 1.82) is 0 Å². The van der Waals surface area contributed by atoms with Gasteiger partial charge in [0.2, 0.25) is 0 Å². The molecule has 16 heteroatoms. The number of nitrogens with two attached hydrogens (primary N) is 2. The highest BCUT2D eigenvalue weighted by molar-refractivity contribution is 5.86. The smallest absolute Gasteiger partial charge is 0.0234 e. The van der Waals surface area contributed by atoms with Gasteiger partial charge in [0.15, 0.2) is 0 Å². The zero-order chi connectivity index (χ0) is 23.4. The zero-order valence-electron chi connectivity index (χ0n) is 24.1. The summed E-state index contributed by atoms with van der Waals surface area (Å²) in [4.78, 5) is 5.04. The van der Waals surface area contributed by atoms with E-state index in [1.54, 1.807) is 0 Å². The van der Waals surface area contributed by atoms with E-state index in [1.165, 1.54) is 24.0 Å². The molecule has 1 heterocycles. The molecule has 1 fully saturated rings. The van der Waals surface area contributed by atoms with Crippen LogP contribution >= 0.6 is 99.3 Å². The quantitative estimate of drug-likeness (QED) is 0.181. The molecule has 254 valence electrons. The van der Waals surface area contributed by atoms with Crippen molar-refractivity contribution < 1.29 is 0 Å². The Balaban J connectivity index is -0.000000289. The molecule has 0 radical (unpaired) electrons. The summed E-state index contributed by atoms with van der Waals surface area (Å²) in [5.74, 6) is 0. The molecule has 1 saturated heterocycles. The van der Waals surface area contributed by atoms with Crippen LogP contribution < -0.4 is 32.7 Å². The minimum atomic E-state index is 0. The molecule has 41 heavy (non-hydrogen) atoms. The van der Waals surface area contributed by atoms with Gasteiger partial charge in [-0.25, -0.2) is 0 Å². The molecule has 0 atom stereocenters. The summed E-state index contributed by atoms with van der Waals surface area (Å²) in [7, 11) is 0. The van der Waals surface area contributed by atoms with Gasteiger partial charge in [0, 0.05) is 65.4 Å². The third-order valence-electron chi connectivity index (χ3n) is 6.05. The highest BCUT2D eigenvalue weighted by Crippen LogP contribution is 2.11. The van der Waals surface area contributed by atoms with Gasteiger partial charge in [0.25, 0.3) is 0 Å². The summed E-state index contributed by atoms with van der Waals surface area (Å²) in [6.07, 6.45) is 3.49. The van der Waals surface area contributed by atoms with Crippen LogP contribution in [-0.2, 0) is 13.1 Å². The van der Waals surface area contributed by atoms with E-state index in [4.69, 9.17) is 11.5 Å². The largest absolute Gasteiger partial charge is 0.329 e. The maximum atomic E-state index is 5.85. The van der Waals surface area contributed by atoms with Crippen LogP contribution in [0.2, 0.25) is 0 Å². The Kier molecular flexibility index (Phi) is 58.1. The fourth-order valence-corrected chi connectivity index (χ4v) is 4.20. The minimum Gasteiger partial charge on any atom is -0.329 e. The highest BCUT2D eigenvalue weighted by atomic mass is 35.5. The van der Waals surface area contributed by atoms with E-state index in [2.05, 4.69) is 55.3 Å².